The van der Waals surface area contributed by atoms with Gasteiger partial charge in [0.1, 0.15) is 6.04 Å². The van der Waals surface area contributed by atoms with E-state index in [0.717, 1.165) is 16.6 Å². The lowest BCUT2D eigenvalue weighted by atomic mass is 10.2. The van der Waals surface area contributed by atoms with Gasteiger partial charge < -0.3 is 5.32 Å². The number of halogens is 1. The zero-order valence-electron chi connectivity index (χ0n) is 7.87. The third-order valence-electron chi connectivity index (χ3n) is 2.32. The first kappa shape index (κ1) is 10.7. The third-order valence-corrected chi connectivity index (χ3v) is 3.94. The van der Waals surface area contributed by atoms with Crippen molar-refractivity contribution >= 4 is 33.2 Å². The normalized spacial score (nSPS) is 16.8. The topological polar surface area (TPSA) is 52.9 Å². The molecule has 0 saturated heterocycles. The van der Waals surface area contributed by atoms with E-state index in [1.807, 2.05) is 6.07 Å². The summed E-state index contributed by atoms with van der Waals surface area (Å²) in [5.41, 5.74) is 0. The van der Waals surface area contributed by atoms with Gasteiger partial charge in [0, 0.05) is 0 Å². The van der Waals surface area contributed by atoms with Gasteiger partial charge in [0.05, 0.1) is 14.7 Å². The molecule has 1 aliphatic carbocycles. The van der Waals surface area contributed by atoms with Crippen molar-refractivity contribution < 1.29 is 4.79 Å². The van der Waals surface area contributed by atoms with Gasteiger partial charge in [0.2, 0.25) is 0 Å². The highest BCUT2D eigenvalue weighted by Crippen LogP contribution is 2.32. The van der Waals surface area contributed by atoms with Crippen LogP contribution in [-0.2, 0) is 0 Å². The number of amides is 1. The van der Waals surface area contributed by atoms with Crippen molar-refractivity contribution in [1.29, 1.82) is 5.26 Å². The van der Waals surface area contributed by atoms with Crippen LogP contribution in [0, 0.1) is 17.2 Å². The van der Waals surface area contributed by atoms with Crippen LogP contribution in [0.25, 0.3) is 0 Å². The van der Waals surface area contributed by atoms with Gasteiger partial charge in [-0.1, -0.05) is 0 Å². The Morgan fingerprint density at radius 3 is 2.87 bits per heavy atom. The molecule has 1 atom stereocenters. The van der Waals surface area contributed by atoms with E-state index in [4.69, 9.17) is 5.26 Å². The number of hydrogen-bond donors (Lipinski definition) is 1. The predicted octanol–water partition coefficient (Wildman–Crippen LogP) is 2.54. The lowest BCUT2D eigenvalue weighted by molar-refractivity contribution is 0.0946. The maximum atomic E-state index is 11.7. The Kier molecular flexibility index (Phi) is 3.08. The molecule has 2 rings (SSSR count). The molecular formula is C10H9BrN2OS. The molecule has 5 heteroatoms. The highest BCUT2D eigenvalue weighted by atomic mass is 79.9. The molecule has 1 amide bonds. The van der Waals surface area contributed by atoms with E-state index in [9.17, 15) is 4.79 Å². The summed E-state index contributed by atoms with van der Waals surface area (Å²) in [4.78, 5) is 12.3. The third kappa shape index (κ3) is 2.58. The van der Waals surface area contributed by atoms with Crippen molar-refractivity contribution in [1.82, 2.24) is 5.32 Å². The molecule has 0 radical (unpaired) electrons. The molecule has 1 saturated carbocycles. The van der Waals surface area contributed by atoms with Gasteiger partial charge >= 0.3 is 0 Å². The Morgan fingerprint density at radius 1 is 1.67 bits per heavy atom. The van der Waals surface area contributed by atoms with Gasteiger partial charge in [0.15, 0.2) is 0 Å². The van der Waals surface area contributed by atoms with Crippen LogP contribution in [0.2, 0.25) is 0 Å². The SMILES string of the molecule is N#CC(NC(=O)c1ccc(Br)s1)C1CC1. The van der Waals surface area contributed by atoms with E-state index in [1.54, 1.807) is 6.07 Å². The van der Waals surface area contributed by atoms with Crippen molar-refractivity contribution in [3.05, 3.63) is 20.8 Å². The van der Waals surface area contributed by atoms with Crippen molar-refractivity contribution in [2.45, 2.75) is 18.9 Å². The van der Waals surface area contributed by atoms with E-state index in [1.165, 1.54) is 11.3 Å². The maximum Gasteiger partial charge on any atom is 0.262 e. The molecule has 15 heavy (non-hydrogen) atoms. The minimum absolute atomic E-state index is 0.149. The van der Waals surface area contributed by atoms with Gasteiger partial charge in [0.25, 0.3) is 5.91 Å². The highest BCUT2D eigenvalue weighted by molar-refractivity contribution is 9.11. The molecule has 78 valence electrons. The molecule has 1 unspecified atom stereocenters. The molecule has 1 aliphatic rings. The van der Waals surface area contributed by atoms with Gasteiger partial charge in [-0.2, -0.15) is 5.26 Å². The van der Waals surface area contributed by atoms with Crippen LogP contribution >= 0.6 is 27.3 Å². The minimum Gasteiger partial charge on any atom is -0.335 e. The molecule has 1 aromatic rings. The summed E-state index contributed by atoms with van der Waals surface area (Å²) in [6.07, 6.45) is 2.10. The van der Waals surface area contributed by atoms with Crippen LogP contribution in [0.4, 0.5) is 0 Å². The van der Waals surface area contributed by atoms with E-state index in [-0.39, 0.29) is 11.9 Å². The van der Waals surface area contributed by atoms with Gasteiger partial charge in [-0.3, -0.25) is 4.79 Å². The summed E-state index contributed by atoms with van der Waals surface area (Å²) in [5.74, 6) is 0.214. The molecule has 1 N–H and O–H groups in total. The van der Waals surface area contributed by atoms with Crippen LogP contribution in [0.3, 0.4) is 0 Å². The predicted molar refractivity (Wildman–Crippen MR) is 61.6 cm³/mol. The monoisotopic (exact) mass is 284 g/mol. The number of rotatable bonds is 3. The molecule has 1 fully saturated rings. The van der Waals surface area contributed by atoms with Crippen molar-refractivity contribution in [3.8, 4) is 6.07 Å². The Hall–Kier alpha value is -0.860. The fourth-order valence-corrected chi connectivity index (χ4v) is 2.62. The molecule has 0 bridgehead atoms. The highest BCUT2D eigenvalue weighted by Gasteiger charge is 2.32. The Balaban J connectivity index is 2.00. The Labute approximate surface area is 100 Å². The molecule has 0 spiro atoms. The number of hydrogen-bond acceptors (Lipinski definition) is 3. The lowest BCUT2D eigenvalue weighted by Gasteiger charge is -2.08. The summed E-state index contributed by atoms with van der Waals surface area (Å²) in [5, 5.41) is 11.6. The summed E-state index contributed by atoms with van der Waals surface area (Å²) < 4.78 is 0.924. The number of carbonyl (C=O) groups is 1. The first-order chi connectivity index (χ1) is 7.20. The van der Waals surface area contributed by atoms with Crippen molar-refractivity contribution in [2.24, 2.45) is 5.92 Å². The standard InChI is InChI=1S/C10H9BrN2OS/c11-9-4-3-8(15-9)10(14)13-7(5-12)6-1-2-6/h3-4,6-7H,1-2H2,(H,13,14). The molecular weight excluding hydrogens is 276 g/mol. The minimum atomic E-state index is -0.321. The summed E-state index contributed by atoms with van der Waals surface area (Å²) in [7, 11) is 0. The van der Waals surface area contributed by atoms with E-state index in [2.05, 4.69) is 27.3 Å². The molecule has 1 aromatic heterocycles. The Morgan fingerprint density at radius 2 is 2.40 bits per heavy atom. The number of nitrogens with zero attached hydrogens (tertiary/aromatic N) is 1. The smallest absolute Gasteiger partial charge is 0.262 e. The fraction of sp³-hybridized carbons (Fsp3) is 0.400. The summed E-state index contributed by atoms with van der Waals surface area (Å²) >= 11 is 4.67. The van der Waals surface area contributed by atoms with Gasteiger partial charge in [-0.05, 0) is 46.8 Å². The number of nitriles is 1. The zero-order valence-corrected chi connectivity index (χ0v) is 10.3. The maximum absolute atomic E-state index is 11.7. The van der Waals surface area contributed by atoms with Crippen LogP contribution in [0.1, 0.15) is 22.5 Å². The number of nitrogens with one attached hydrogen (secondary N) is 1. The number of carbonyl (C=O) groups excluding carboxylic acids is 1. The largest absolute Gasteiger partial charge is 0.335 e. The molecule has 0 aliphatic heterocycles. The summed E-state index contributed by atoms with van der Waals surface area (Å²) in [6.45, 7) is 0. The van der Waals surface area contributed by atoms with Gasteiger partial charge in [-0.25, -0.2) is 0 Å². The summed E-state index contributed by atoms with van der Waals surface area (Å²) in [6, 6.07) is 5.40. The van der Waals surface area contributed by atoms with Crippen LogP contribution < -0.4 is 5.32 Å². The lowest BCUT2D eigenvalue weighted by Crippen LogP contribution is -2.34. The van der Waals surface area contributed by atoms with E-state index in [0.29, 0.717) is 10.8 Å². The zero-order chi connectivity index (χ0) is 10.8. The second-order valence-corrected chi connectivity index (χ2v) is 5.98. The fourth-order valence-electron chi connectivity index (χ4n) is 1.33. The molecule has 0 aromatic carbocycles. The van der Waals surface area contributed by atoms with Crippen LogP contribution in [-0.4, -0.2) is 11.9 Å². The van der Waals surface area contributed by atoms with Crippen molar-refractivity contribution in [2.75, 3.05) is 0 Å². The van der Waals surface area contributed by atoms with Gasteiger partial charge in [-0.15, -0.1) is 11.3 Å². The van der Waals surface area contributed by atoms with Crippen LogP contribution in [0.15, 0.2) is 15.9 Å². The molecule has 3 nitrogen and oxygen atoms in total. The van der Waals surface area contributed by atoms with Crippen molar-refractivity contribution in [3.63, 3.8) is 0 Å². The second-order valence-electron chi connectivity index (χ2n) is 3.52. The number of thiophene rings is 1. The average Bonchev–Trinajstić information content (AvgIpc) is 2.97. The Bertz CT molecular complexity index is 419. The van der Waals surface area contributed by atoms with E-state index >= 15 is 0 Å². The molecule has 1 heterocycles. The first-order valence-corrected chi connectivity index (χ1v) is 6.27. The van der Waals surface area contributed by atoms with E-state index < -0.39 is 0 Å². The first-order valence-electron chi connectivity index (χ1n) is 4.66. The average molecular weight is 285 g/mol. The quantitative estimate of drug-likeness (QED) is 0.927. The second kappa shape index (κ2) is 4.33. The van der Waals surface area contributed by atoms with Crippen LogP contribution in [0.5, 0.6) is 0 Å².